The monoisotopic (exact) mass is 242 g/mol. The van der Waals surface area contributed by atoms with Crippen molar-refractivity contribution in [3.8, 4) is 5.75 Å². The lowest BCUT2D eigenvalue weighted by molar-refractivity contribution is -0.130. The largest absolute Gasteiger partial charge is 0.508 e. The molecule has 1 rings (SSSR count). The smallest absolute Gasteiger partial charge is 0.335 e. The van der Waals surface area contributed by atoms with Crippen LogP contribution in [0.15, 0.2) is 29.3 Å². The van der Waals surface area contributed by atoms with Crippen molar-refractivity contribution in [2.24, 2.45) is 0 Å². The summed E-state index contributed by atoms with van der Waals surface area (Å²) in [6.45, 7) is 3.39. The number of carbonyl (C=O) groups is 1. The maximum atomic E-state index is 10.6. The average molecular weight is 243 g/mol. The van der Waals surface area contributed by atoms with E-state index in [1.54, 1.807) is 6.07 Å². The Hall–Kier alpha value is -1.29. The Kier molecular flexibility index (Phi) is 2.72. The highest BCUT2D eigenvalue weighted by Gasteiger charge is 2.11. The van der Waals surface area contributed by atoms with E-state index in [2.05, 4.69) is 22.5 Å². The molecule has 0 saturated heterocycles. The van der Waals surface area contributed by atoms with E-state index < -0.39 is 5.97 Å². The summed E-state index contributed by atoms with van der Waals surface area (Å²) in [5.74, 6) is -1.09. The standard InChI is InChI=1S/C9H7BrO3/c1-5(9(12)13)7-4-6(11)2-3-8(7)10/h2-4,11H,1H2,(H,12,13). The number of carboxylic acid groups (broad SMARTS) is 1. The Morgan fingerprint density at radius 2 is 2.08 bits per heavy atom. The molecule has 0 aliphatic carbocycles. The normalized spacial score (nSPS) is 9.62. The van der Waals surface area contributed by atoms with Gasteiger partial charge < -0.3 is 10.2 Å². The molecule has 0 aliphatic rings. The fourth-order valence-corrected chi connectivity index (χ4v) is 1.35. The minimum absolute atomic E-state index is 0.0144. The van der Waals surface area contributed by atoms with Gasteiger partial charge in [0.05, 0.1) is 5.57 Å². The van der Waals surface area contributed by atoms with Crippen molar-refractivity contribution >= 4 is 27.5 Å². The summed E-state index contributed by atoms with van der Waals surface area (Å²) in [5, 5.41) is 17.8. The second-order valence-corrected chi connectivity index (χ2v) is 3.30. The van der Waals surface area contributed by atoms with Gasteiger partial charge in [-0.15, -0.1) is 0 Å². The Labute approximate surface area is 83.5 Å². The first-order valence-corrected chi connectivity index (χ1v) is 4.22. The first-order chi connectivity index (χ1) is 6.02. The van der Waals surface area contributed by atoms with Gasteiger partial charge >= 0.3 is 5.97 Å². The molecule has 13 heavy (non-hydrogen) atoms. The predicted molar refractivity (Wildman–Crippen MR) is 52.5 cm³/mol. The summed E-state index contributed by atoms with van der Waals surface area (Å²) >= 11 is 3.16. The topological polar surface area (TPSA) is 57.5 Å². The summed E-state index contributed by atoms with van der Waals surface area (Å²) in [6.07, 6.45) is 0. The van der Waals surface area contributed by atoms with Crippen LogP contribution in [0.5, 0.6) is 5.75 Å². The number of phenolic OH excluding ortho intramolecular Hbond substituents is 1. The van der Waals surface area contributed by atoms with E-state index in [4.69, 9.17) is 10.2 Å². The molecule has 0 amide bonds. The van der Waals surface area contributed by atoms with Gasteiger partial charge in [-0.25, -0.2) is 4.79 Å². The van der Waals surface area contributed by atoms with Crippen molar-refractivity contribution < 1.29 is 15.0 Å². The maximum Gasteiger partial charge on any atom is 0.335 e. The predicted octanol–water partition coefficient (Wildman–Crippen LogP) is 2.25. The summed E-state index contributed by atoms with van der Waals surface area (Å²) in [5.41, 5.74) is 0.329. The van der Waals surface area contributed by atoms with Crippen LogP contribution in [-0.4, -0.2) is 16.2 Å². The Bertz CT molecular complexity index is 371. The second-order valence-electron chi connectivity index (χ2n) is 2.45. The molecule has 0 unspecified atom stereocenters. The minimum atomic E-state index is -1.11. The lowest BCUT2D eigenvalue weighted by atomic mass is 10.1. The Morgan fingerprint density at radius 1 is 1.46 bits per heavy atom. The molecule has 3 nitrogen and oxygen atoms in total. The van der Waals surface area contributed by atoms with Crippen molar-refractivity contribution in [2.45, 2.75) is 0 Å². The first kappa shape index (κ1) is 9.80. The number of aromatic hydroxyl groups is 1. The number of halogens is 1. The van der Waals surface area contributed by atoms with Gasteiger partial charge in [0, 0.05) is 10.0 Å². The third-order valence-corrected chi connectivity index (χ3v) is 2.22. The molecule has 0 atom stereocenters. The molecule has 0 aromatic heterocycles. The van der Waals surface area contributed by atoms with Gasteiger partial charge in [-0.1, -0.05) is 22.5 Å². The molecular formula is C9H7BrO3. The van der Waals surface area contributed by atoms with Crippen molar-refractivity contribution in [2.75, 3.05) is 0 Å². The fourth-order valence-electron chi connectivity index (χ4n) is 0.860. The van der Waals surface area contributed by atoms with E-state index in [-0.39, 0.29) is 11.3 Å². The van der Waals surface area contributed by atoms with E-state index in [9.17, 15) is 4.79 Å². The number of carboxylic acids is 1. The zero-order chi connectivity index (χ0) is 10.0. The SMILES string of the molecule is C=C(C(=O)O)c1cc(O)ccc1Br. The highest BCUT2D eigenvalue weighted by atomic mass is 79.9. The van der Waals surface area contributed by atoms with Crippen LogP contribution in [0.1, 0.15) is 5.56 Å². The van der Waals surface area contributed by atoms with E-state index in [0.29, 0.717) is 10.0 Å². The van der Waals surface area contributed by atoms with Gasteiger partial charge in [-0.2, -0.15) is 0 Å². The highest BCUT2D eigenvalue weighted by Crippen LogP contribution is 2.27. The van der Waals surface area contributed by atoms with Gasteiger partial charge in [0.25, 0.3) is 0 Å². The highest BCUT2D eigenvalue weighted by molar-refractivity contribution is 9.10. The molecule has 2 N–H and O–H groups in total. The molecule has 0 aliphatic heterocycles. The molecule has 0 heterocycles. The van der Waals surface area contributed by atoms with Crippen LogP contribution in [0.25, 0.3) is 5.57 Å². The molecule has 68 valence electrons. The fraction of sp³-hybridized carbons (Fsp3) is 0. The quantitative estimate of drug-likeness (QED) is 0.783. The molecule has 0 bridgehead atoms. The lowest BCUT2D eigenvalue weighted by Crippen LogP contribution is -1.98. The lowest BCUT2D eigenvalue weighted by Gasteiger charge is -2.03. The molecular weight excluding hydrogens is 236 g/mol. The van der Waals surface area contributed by atoms with Crippen LogP contribution in [0.2, 0.25) is 0 Å². The second kappa shape index (κ2) is 3.62. The van der Waals surface area contributed by atoms with Gasteiger partial charge in [-0.3, -0.25) is 0 Å². The summed E-state index contributed by atoms with van der Waals surface area (Å²) in [6, 6.07) is 4.38. The number of hydrogen-bond acceptors (Lipinski definition) is 2. The number of rotatable bonds is 2. The van der Waals surface area contributed by atoms with Crippen LogP contribution in [0, 0.1) is 0 Å². The maximum absolute atomic E-state index is 10.6. The molecule has 0 fully saturated rings. The Morgan fingerprint density at radius 3 is 2.62 bits per heavy atom. The van der Waals surface area contributed by atoms with Gasteiger partial charge in [0.1, 0.15) is 5.75 Å². The number of benzene rings is 1. The molecule has 1 aromatic carbocycles. The zero-order valence-electron chi connectivity index (χ0n) is 6.62. The third kappa shape index (κ3) is 2.09. The number of hydrogen-bond donors (Lipinski definition) is 2. The van der Waals surface area contributed by atoms with Crippen LogP contribution in [-0.2, 0) is 4.79 Å². The average Bonchev–Trinajstić information content (AvgIpc) is 2.08. The summed E-state index contributed by atoms with van der Waals surface area (Å²) in [4.78, 5) is 10.6. The molecule has 1 aromatic rings. The van der Waals surface area contributed by atoms with Gasteiger partial charge in [-0.05, 0) is 18.2 Å². The minimum Gasteiger partial charge on any atom is -0.508 e. The van der Waals surface area contributed by atoms with Gasteiger partial charge in [0.2, 0.25) is 0 Å². The van der Waals surface area contributed by atoms with Crippen LogP contribution in [0.4, 0.5) is 0 Å². The van der Waals surface area contributed by atoms with Crippen LogP contribution >= 0.6 is 15.9 Å². The van der Waals surface area contributed by atoms with Crippen LogP contribution < -0.4 is 0 Å². The van der Waals surface area contributed by atoms with Crippen LogP contribution in [0.3, 0.4) is 0 Å². The number of aliphatic carboxylic acids is 1. The van der Waals surface area contributed by atoms with Crippen molar-refractivity contribution in [3.63, 3.8) is 0 Å². The van der Waals surface area contributed by atoms with Crippen molar-refractivity contribution in [1.29, 1.82) is 0 Å². The summed E-state index contributed by atoms with van der Waals surface area (Å²) in [7, 11) is 0. The molecule has 0 spiro atoms. The van der Waals surface area contributed by atoms with E-state index >= 15 is 0 Å². The molecule has 0 radical (unpaired) electrons. The zero-order valence-corrected chi connectivity index (χ0v) is 8.21. The van der Waals surface area contributed by atoms with Crippen molar-refractivity contribution in [3.05, 3.63) is 34.8 Å². The summed E-state index contributed by atoms with van der Waals surface area (Å²) < 4.78 is 0.595. The Balaban J connectivity index is 3.21. The van der Waals surface area contributed by atoms with E-state index in [0.717, 1.165) is 0 Å². The van der Waals surface area contributed by atoms with E-state index in [1.807, 2.05) is 0 Å². The van der Waals surface area contributed by atoms with E-state index in [1.165, 1.54) is 12.1 Å². The number of phenols is 1. The first-order valence-electron chi connectivity index (χ1n) is 3.43. The molecule has 4 heteroatoms. The third-order valence-electron chi connectivity index (χ3n) is 1.53. The van der Waals surface area contributed by atoms with Crippen molar-refractivity contribution in [1.82, 2.24) is 0 Å². The van der Waals surface area contributed by atoms with Gasteiger partial charge in [0.15, 0.2) is 0 Å². The molecule has 0 saturated carbocycles.